The highest BCUT2D eigenvalue weighted by Gasteiger charge is 2.53. The van der Waals surface area contributed by atoms with E-state index in [9.17, 15) is 0 Å². The quantitative estimate of drug-likeness (QED) is 0.168. The molecule has 0 bridgehead atoms. The lowest BCUT2D eigenvalue weighted by Crippen LogP contribution is -2.27. The molecule has 0 amide bonds. The van der Waals surface area contributed by atoms with Gasteiger partial charge in [0.15, 0.2) is 11.6 Å². The molecule has 0 fully saturated rings. The molecule has 2 aliphatic carbocycles. The first-order chi connectivity index (χ1) is 31.2. The van der Waals surface area contributed by atoms with E-state index in [4.69, 9.17) is 19.4 Å². The van der Waals surface area contributed by atoms with Gasteiger partial charge in [-0.25, -0.2) is 4.98 Å². The standard InChI is InChI=1S/C58H36N4O/c1-3-38-40-22-11-14-27-47(40)58(46(38)4-2)48-28-15-12-23-41(48)43-32-33-50-52(53(43)58)45-24-13-16-29-49(45)62(50)57-60-55(36-20-9-6-10-21-36)59-56(61-57)37-30-31-42-44-26-17-25-39(35-18-7-5-8-19-35)54(44)63-51(42)34-37/h3-34H,1-2H2. The van der Waals surface area contributed by atoms with Gasteiger partial charge in [0, 0.05) is 38.2 Å². The molecule has 3 heterocycles. The third-order valence-electron chi connectivity index (χ3n) is 13.3. The SMILES string of the molecule is C=CC1=C(C=C)C2(c3ccccc31)c1ccccc1-c1ccc3c(c12)c1ccccc1n3-c1nc(-c2ccccc2)nc(-c2ccc3c(c2)oc2c(-c4ccccc4)cccc23)n1. The Morgan fingerprint density at radius 3 is 1.90 bits per heavy atom. The number of benzene rings is 8. The summed E-state index contributed by atoms with van der Waals surface area (Å²) in [5.74, 6) is 1.67. The Balaban J connectivity index is 1.09. The summed E-state index contributed by atoms with van der Waals surface area (Å²) in [6.07, 6.45) is 4.05. The third-order valence-corrected chi connectivity index (χ3v) is 13.3. The average molecular weight is 805 g/mol. The molecule has 8 aromatic carbocycles. The predicted molar refractivity (Wildman–Crippen MR) is 257 cm³/mol. The van der Waals surface area contributed by atoms with Crippen molar-refractivity contribution in [2.24, 2.45) is 0 Å². The van der Waals surface area contributed by atoms with Crippen LogP contribution < -0.4 is 0 Å². The van der Waals surface area contributed by atoms with E-state index >= 15 is 0 Å². The van der Waals surface area contributed by atoms with Gasteiger partial charge in [-0.15, -0.1) is 0 Å². The lowest BCUT2D eigenvalue weighted by Gasteiger charge is -2.32. The van der Waals surface area contributed by atoms with Gasteiger partial charge in [-0.05, 0) is 74.4 Å². The minimum atomic E-state index is -0.621. The summed E-state index contributed by atoms with van der Waals surface area (Å²) in [5.41, 5.74) is 16.5. The predicted octanol–water partition coefficient (Wildman–Crippen LogP) is 14.3. The van der Waals surface area contributed by atoms with Crippen LogP contribution in [-0.2, 0) is 5.41 Å². The van der Waals surface area contributed by atoms with Crippen LogP contribution in [0.1, 0.15) is 22.3 Å². The summed E-state index contributed by atoms with van der Waals surface area (Å²) < 4.78 is 8.93. The normalized spacial score (nSPS) is 15.1. The first kappa shape index (κ1) is 35.4. The van der Waals surface area contributed by atoms with E-state index in [2.05, 4.69) is 163 Å². The molecule has 13 rings (SSSR count). The molecule has 1 unspecified atom stereocenters. The average Bonchev–Trinajstić information content (AvgIpc) is 4.07. The van der Waals surface area contributed by atoms with Crippen molar-refractivity contribution in [2.75, 3.05) is 0 Å². The molecule has 294 valence electrons. The second kappa shape index (κ2) is 13.3. The Morgan fingerprint density at radius 2 is 1.13 bits per heavy atom. The molecule has 0 radical (unpaired) electrons. The fraction of sp³-hybridized carbons (Fsp3) is 0.0172. The van der Waals surface area contributed by atoms with Gasteiger partial charge in [-0.3, -0.25) is 4.57 Å². The van der Waals surface area contributed by atoms with Crippen molar-refractivity contribution in [1.29, 1.82) is 0 Å². The van der Waals surface area contributed by atoms with Crippen LogP contribution in [-0.4, -0.2) is 19.5 Å². The Labute approximate surface area is 363 Å². The Bertz CT molecular complexity index is 3780. The molecule has 3 aromatic heterocycles. The molecule has 0 saturated heterocycles. The van der Waals surface area contributed by atoms with Crippen LogP contribution in [0.25, 0.3) is 100 Å². The van der Waals surface area contributed by atoms with Crippen molar-refractivity contribution in [3.05, 3.63) is 235 Å². The van der Waals surface area contributed by atoms with Crippen LogP contribution in [0.2, 0.25) is 0 Å². The van der Waals surface area contributed by atoms with Crippen molar-refractivity contribution in [3.8, 4) is 51.0 Å². The van der Waals surface area contributed by atoms with Crippen LogP contribution in [0.4, 0.5) is 0 Å². The molecule has 1 atom stereocenters. The molecular weight excluding hydrogens is 769 g/mol. The number of para-hydroxylation sites is 2. The van der Waals surface area contributed by atoms with Gasteiger partial charge < -0.3 is 4.42 Å². The number of allylic oxidation sites excluding steroid dienone is 4. The summed E-state index contributed by atoms with van der Waals surface area (Å²) in [6.45, 7) is 8.80. The summed E-state index contributed by atoms with van der Waals surface area (Å²) >= 11 is 0. The Hall–Kier alpha value is -8.41. The fourth-order valence-electron chi connectivity index (χ4n) is 10.7. The zero-order valence-electron chi connectivity index (χ0n) is 34.1. The Kier molecular flexibility index (Phi) is 7.46. The molecule has 0 saturated carbocycles. The number of aromatic nitrogens is 4. The molecule has 63 heavy (non-hydrogen) atoms. The van der Waals surface area contributed by atoms with Gasteiger partial charge in [0.1, 0.15) is 11.2 Å². The van der Waals surface area contributed by atoms with Gasteiger partial charge in [-0.2, -0.15) is 9.97 Å². The van der Waals surface area contributed by atoms with E-state index in [0.29, 0.717) is 17.6 Å². The van der Waals surface area contributed by atoms with Crippen molar-refractivity contribution in [1.82, 2.24) is 19.5 Å². The van der Waals surface area contributed by atoms with Crippen molar-refractivity contribution in [2.45, 2.75) is 5.41 Å². The number of furan rings is 1. The molecule has 1 spiro atoms. The van der Waals surface area contributed by atoms with E-state index < -0.39 is 5.41 Å². The van der Waals surface area contributed by atoms with Gasteiger partial charge in [-0.1, -0.05) is 183 Å². The molecule has 5 heteroatoms. The van der Waals surface area contributed by atoms with Crippen molar-refractivity contribution < 1.29 is 4.42 Å². The number of hydrogen-bond acceptors (Lipinski definition) is 4. The molecule has 5 nitrogen and oxygen atoms in total. The highest BCUT2D eigenvalue weighted by molar-refractivity contribution is 6.16. The minimum absolute atomic E-state index is 0.531. The highest BCUT2D eigenvalue weighted by Crippen LogP contribution is 2.64. The smallest absolute Gasteiger partial charge is 0.238 e. The summed E-state index contributed by atoms with van der Waals surface area (Å²) in [6, 6.07) is 63.9. The van der Waals surface area contributed by atoms with Gasteiger partial charge in [0.25, 0.3) is 0 Å². The van der Waals surface area contributed by atoms with Crippen LogP contribution in [0.3, 0.4) is 0 Å². The summed E-state index contributed by atoms with van der Waals surface area (Å²) in [5, 5.41) is 4.37. The lowest BCUT2D eigenvalue weighted by molar-refractivity contribution is 0.670. The van der Waals surface area contributed by atoms with Crippen LogP contribution in [0.15, 0.2) is 217 Å². The van der Waals surface area contributed by atoms with E-state index in [0.717, 1.165) is 77.1 Å². The maximum Gasteiger partial charge on any atom is 0.238 e. The number of fused-ring (bicyclic) bond motifs is 14. The van der Waals surface area contributed by atoms with E-state index in [-0.39, 0.29) is 0 Å². The lowest BCUT2D eigenvalue weighted by atomic mass is 9.68. The van der Waals surface area contributed by atoms with Crippen LogP contribution in [0, 0.1) is 0 Å². The van der Waals surface area contributed by atoms with E-state index in [1.807, 2.05) is 48.6 Å². The molecule has 0 aliphatic heterocycles. The molecule has 2 aliphatic rings. The zero-order chi connectivity index (χ0) is 41.8. The first-order valence-electron chi connectivity index (χ1n) is 21.3. The number of rotatable bonds is 6. The van der Waals surface area contributed by atoms with Crippen molar-refractivity contribution >= 4 is 49.3 Å². The maximum absolute atomic E-state index is 6.71. The fourth-order valence-corrected chi connectivity index (χ4v) is 10.7. The molecule has 11 aromatic rings. The van der Waals surface area contributed by atoms with Gasteiger partial charge in [0.05, 0.1) is 16.4 Å². The van der Waals surface area contributed by atoms with Crippen molar-refractivity contribution in [3.63, 3.8) is 0 Å². The van der Waals surface area contributed by atoms with Gasteiger partial charge in [0.2, 0.25) is 5.95 Å². The topological polar surface area (TPSA) is 56.7 Å². The first-order valence-corrected chi connectivity index (χ1v) is 21.3. The highest BCUT2D eigenvalue weighted by atomic mass is 16.3. The maximum atomic E-state index is 6.71. The molecular formula is C58H36N4O. The molecule has 0 N–H and O–H groups in total. The summed E-state index contributed by atoms with van der Waals surface area (Å²) in [7, 11) is 0. The largest absolute Gasteiger partial charge is 0.455 e. The van der Waals surface area contributed by atoms with Crippen LogP contribution >= 0.6 is 0 Å². The third kappa shape index (κ3) is 4.79. The Morgan fingerprint density at radius 1 is 0.476 bits per heavy atom. The van der Waals surface area contributed by atoms with Crippen LogP contribution in [0.5, 0.6) is 0 Å². The van der Waals surface area contributed by atoms with E-state index in [1.165, 1.54) is 33.4 Å². The second-order valence-electron chi connectivity index (χ2n) is 16.3. The van der Waals surface area contributed by atoms with Gasteiger partial charge >= 0.3 is 0 Å². The monoisotopic (exact) mass is 804 g/mol. The summed E-state index contributed by atoms with van der Waals surface area (Å²) in [4.78, 5) is 15.9. The zero-order valence-corrected chi connectivity index (χ0v) is 34.1. The van der Waals surface area contributed by atoms with E-state index in [1.54, 1.807) is 0 Å². The second-order valence-corrected chi connectivity index (χ2v) is 16.3. The minimum Gasteiger partial charge on any atom is -0.455 e. The number of hydrogen-bond donors (Lipinski definition) is 0. The number of nitrogens with zero attached hydrogens (tertiary/aromatic N) is 4.